The van der Waals surface area contributed by atoms with Crippen LogP contribution in [0, 0.1) is 5.41 Å². The van der Waals surface area contributed by atoms with E-state index in [2.05, 4.69) is 42.0 Å². The molecule has 0 saturated heterocycles. The first-order chi connectivity index (χ1) is 9.42. The van der Waals surface area contributed by atoms with Crippen molar-refractivity contribution in [2.45, 2.75) is 32.1 Å². The van der Waals surface area contributed by atoms with Crippen LogP contribution >= 0.6 is 27.5 Å². The van der Waals surface area contributed by atoms with Gasteiger partial charge in [-0.2, -0.15) is 0 Å². The van der Waals surface area contributed by atoms with Gasteiger partial charge in [0.05, 0.1) is 15.5 Å². The lowest BCUT2D eigenvalue weighted by atomic mass is 9.92. The van der Waals surface area contributed by atoms with Gasteiger partial charge in [-0.25, -0.2) is 13.6 Å². The molecule has 0 aliphatic heterocycles. The summed E-state index contributed by atoms with van der Waals surface area (Å²) >= 11 is 9.16. The second-order valence-electron chi connectivity index (χ2n) is 5.88. The monoisotopic (exact) mass is 396 g/mol. The molecule has 0 bridgehead atoms. The molecule has 0 spiro atoms. The van der Waals surface area contributed by atoms with Crippen LogP contribution < -0.4 is 10.5 Å². The molecule has 1 aromatic rings. The molecule has 5 nitrogen and oxygen atoms in total. The largest absolute Gasteiger partial charge is 0.352 e. The summed E-state index contributed by atoms with van der Waals surface area (Å²) in [7, 11) is -3.91. The lowest BCUT2D eigenvalue weighted by molar-refractivity contribution is 0.0949. The van der Waals surface area contributed by atoms with Crippen molar-refractivity contribution in [1.29, 1.82) is 0 Å². The molecule has 0 unspecified atom stereocenters. The zero-order chi connectivity index (χ0) is 16.4. The van der Waals surface area contributed by atoms with Crippen molar-refractivity contribution in [3.05, 3.63) is 27.2 Å². The summed E-state index contributed by atoms with van der Waals surface area (Å²) in [6, 6.07) is 2.44. The van der Waals surface area contributed by atoms with E-state index in [9.17, 15) is 13.2 Å². The highest BCUT2D eigenvalue weighted by Gasteiger charge is 2.19. The van der Waals surface area contributed by atoms with E-state index in [0.717, 1.165) is 6.42 Å². The van der Waals surface area contributed by atoms with E-state index in [1.165, 1.54) is 12.1 Å². The summed E-state index contributed by atoms with van der Waals surface area (Å²) in [5, 5.41) is 7.95. The smallest absolute Gasteiger partial charge is 0.252 e. The van der Waals surface area contributed by atoms with Gasteiger partial charge in [0.1, 0.15) is 0 Å². The Labute approximate surface area is 138 Å². The van der Waals surface area contributed by atoms with Crippen LogP contribution in [0.3, 0.4) is 0 Å². The van der Waals surface area contributed by atoms with Crippen molar-refractivity contribution in [3.63, 3.8) is 0 Å². The van der Waals surface area contributed by atoms with Crippen molar-refractivity contribution in [2.24, 2.45) is 10.6 Å². The molecule has 1 aromatic carbocycles. The third-order valence-corrected chi connectivity index (χ3v) is 4.89. The Morgan fingerprint density at radius 3 is 2.43 bits per heavy atom. The number of amides is 1. The molecule has 21 heavy (non-hydrogen) atoms. The van der Waals surface area contributed by atoms with Gasteiger partial charge in [-0.1, -0.05) is 32.4 Å². The van der Waals surface area contributed by atoms with Crippen LogP contribution in [-0.2, 0) is 10.0 Å². The predicted octanol–water partition coefficient (Wildman–Crippen LogP) is 2.92. The average Bonchev–Trinajstić information content (AvgIpc) is 2.29. The number of nitrogens with two attached hydrogens (primary N) is 1. The number of carbonyl (C=O) groups is 1. The maximum Gasteiger partial charge on any atom is 0.252 e. The number of primary sulfonamides is 1. The summed E-state index contributed by atoms with van der Waals surface area (Å²) in [4.78, 5) is 12.0. The highest BCUT2D eigenvalue weighted by atomic mass is 79.9. The minimum Gasteiger partial charge on any atom is -0.352 e. The number of nitrogens with one attached hydrogen (secondary N) is 1. The maximum absolute atomic E-state index is 12.1. The third-order valence-electron chi connectivity index (χ3n) is 2.74. The molecule has 0 atom stereocenters. The summed E-state index contributed by atoms with van der Waals surface area (Å²) < 4.78 is 23.1. The summed E-state index contributed by atoms with van der Waals surface area (Å²) in [5.74, 6) is -0.435. The molecule has 0 radical (unpaired) electrons. The molecule has 0 heterocycles. The van der Waals surface area contributed by atoms with E-state index in [1.54, 1.807) is 0 Å². The van der Waals surface area contributed by atoms with E-state index in [1.807, 2.05) is 0 Å². The molecule has 0 fully saturated rings. The van der Waals surface area contributed by atoms with E-state index < -0.39 is 15.9 Å². The number of hydrogen-bond acceptors (Lipinski definition) is 3. The Balaban J connectivity index is 3.02. The fourth-order valence-electron chi connectivity index (χ4n) is 1.54. The Morgan fingerprint density at radius 1 is 1.38 bits per heavy atom. The topological polar surface area (TPSA) is 89.3 Å². The van der Waals surface area contributed by atoms with Gasteiger partial charge in [0.25, 0.3) is 5.91 Å². The summed E-state index contributed by atoms with van der Waals surface area (Å²) in [6.45, 7) is 6.65. The van der Waals surface area contributed by atoms with Crippen LogP contribution in [0.25, 0.3) is 0 Å². The molecule has 1 amide bonds. The molecular weight excluding hydrogens is 380 g/mol. The van der Waals surface area contributed by atoms with Gasteiger partial charge in [0.15, 0.2) is 0 Å². The zero-order valence-corrected chi connectivity index (χ0v) is 15.2. The summed E-state index contributed by atoms with van der Waals surface area (Å²) in [6.07, 6.45) is 0.784. The highest BCUT2D eigenvalue weighted by molar-refractivity contribution is 9.10. The van der Waals surface area contributed by atoms with E-state index in [0.29, 0.717) is 11.0 Å². The SMILES string of the molecule is CC(C)(C)CCNC(=O)c1cc(S(N)(=O)=O)cc(Br)c1Cl. The molecular formula is C13H18BrClN2O3S. The molecule has 0 aromatic heterocycles. The van der Waals surface area contributed by atoms with Gasteiger partial charge >= 0.3 is 0 Å². The van der Waals surface area contributed by atoms with Crippen molar-refractivity contribution in [3.8, 4) is 0 Å². The van der Waals surface area contributed by atoms with Crippen molar-refractivity contribution < 1.29 is 13.2 Å². The van der Waals surface area contributed by atoms with Crippen LogP contribution in [0.2, 0.25) is 5.02 Å². The van der Waals surface area contributed by atoms with Crippen LogP contribution in [0.15, 0.2) is 21.5 Å². The van der Waals surface area contributed by atoms with Crippen LogP contribution in [-0.4, -0.2) is 20.9 Å². The van der Waals surface area contributed by atoms with E-state index >= 15 is 0 Å². The maximum atomic E-state index is 12.1. The summed E-state index contributed by atoms with van der Waals surface area (Å²) in [5.41, 5.74) is 0.157. The fraction of sp³-hybridized carbons (Fsp3) is 0.462. The van der Waals surface area contributed by atoms with Crippen LogP contribution in [0.1, 0.15) is 37.6 Å². The number of halogens is 2. The van der Waals surface area contributed by atoms with Crippen molar-refractivity contribution >= 4 is 43.5 Å². The third kappa shape index (κ3) is 5.58. The molecule has 0 aliphatic rings. The number of hydrogen-bond donors (Lipinski definition) is 2. The molecule has 1 rings (SSSR count). The fourth-order valence-corrected chi connectivity index (χ4v) is 2.91. The molecule has 8 heteroatoms. The van der Waals surface area contributed by atoms with Gasteiger partial charge in [-0.15, -0.1) is 0 Å². The Hall–Kier alpha value is -0.630. The zero-order valence-electron chi connectivity index (χ0n) is 12.0. The number of rotatable bonds is 4. The standard InChI is InChI=1S/C13H18BrClN2O3S/c1-13(2,3)4-5-17-12(18)9-6-8(21(16,19)20)7-10(14)11(9)15/h6-7H,4-5H2,1-3H3,(H,17,18)(H2,16,19,20). The first-order valence-electron chi connectivity index (χ1n) is 6.22. The molecule has 0 aliphatic carbocycles. The van der Waals surface area contributed by atoms with Crippen molar-refractivity contribution in [1.82, 2.24) is 5.32 Å². The van der Waals surface area contributed by atoms with E-state index in [-0.39, 0.29) is 20.9 Å². The van der Waals surface area contributed by atoms with Crippen LogP contribution in [0.4, 0.5) is 0 Å². The van der Waals surface area contributed by atoms with Gasteiger partial charge in [0, 0.05) is 11.0 Å². The van der Waals surface area contributed by atoms with Crippen LogP contribution in [0.5, 0.6) is 0 Å². The van der Waals surface area contributed by atoms with Gasteiger partial charge < -0.3 is 5.32 Å². The second-order valence-corrected chi connectivity index (χ2v) is 8.67. The first-order valence-corrected chi connectivity index (χ1v) is 8.93. The quantitative estimate of drug-likeness (QED) is 0.818. The Morgan fingerprint density at radius 2 is 1.95 bits per heavy atom. The lowest BCUT2D eigenvalue weighted by Crippen LogP contribution is -2.28. The van der Waals surface area contributed by atoms with Gasteiger partial charge in [-0.05, 0) is 39.9 Å². The first kappa shape index (κ1) is 18.4. The van der Waals surface area contributed by atoms with E-state index in [4.69, 9.17) is 16.7 Å². The van der Waals surface area contributed by atoms with Gasteiger partial charge in [-0.3, -0.25) is 4.79 Å². The predicted molar refractivity (Wildman–Crippen MR) is 86.9 cm³/mol. The van der Waals surface area contributed by atoms with Gasteiger partial charge in [0.2, 0.25) is 10.0 Å². The number of benzene rings is 1. The molecule has 3 N–H and O–H groups in total. The second kappa shape index (κ2) is 6.64. The average molecular weight is 398 g/mol. The lowest BCUT2D eigenvalue weighted by Gasteiger charge is -2.18. The van der Waals surface area contributed by atoms with Crippen molar-refractivity contribution in [2.75, 3.05) is 6.54 Å². The molecule has 118 valence electrons. The minimum atomic E-state index is -3.91. The highest BCUT2D eigenvalue weighted by Crippen LogP contribution is 2.29. The number of sulfonamides is 1. The Bertz CT molecular complexity index is 654. The number of carbonyl (C=O) groups excluding carboxylic acids is 1. The minimum absolute atomic E-state index is 0.0731. The Kier molecular flexibility index (Phi) is 5.83. The molecule has 0 saturated carbocycles. The normalized spacial score (nSPS) is 12.3.